The maximum Gasteiger partial charge on any atom is 0.277 e. The van der Waals surface area contributed by atoms with Crippen LogP contribution in [0.3, 0.4) is 0 Å². The second-order valence-corrected chi connectivity index (χ2v) is 4.21. The number of hydrogen-bond donors (Lipinski definition) is 2. The Morgan fingerprint density at radius 3 is 3.00 bits per heavy atom. The lowest BCUT2D eigenvalue weighted by Crippen LogP contribution is -2.23. The van der Waals surface area contributed by atoms with E-state index >= 15 is 0 Å². The number of rotatable bonds is 3. The molecule has 0 bridgehead atoms. The summed E-state index contributed by atoms with van der Waals surface area (Å²) in [6.45, 7) is 2.44. The Balaban J connectivity index is 1.99. The fraction of sp³-hybridized carbons (Fsp3) is 0.222. The quantitative estimate of drug-likeness (QED) is 0.830. The van der Waals surface area contributed by atoms with Crippen molar-refractivity contribution < 1.29 is 9.42 Å². The predicted octanol–water partition coefficient (Wildman–Crippen LogP) is 0.952. The van der Waals surface area contributed by atoms with E-state index < -0.39 is 0 Å². The van der Waals surface area contributed by atoms with Gasteiger partial charge in [0.25, 0.3) is 5.91 Å². The fourth-order valence-electron chi connectivity index (χ4n) is 1.18. The van der Waals surface area contributed by atoms with E-state index in [4.69, 9.17) is 5.73 Å². The molecule has 0 spiro atoms. The van der Waals surface area contributed by atoms with Crippen molar-refractivity contribution in [3.8, 4) is 0 Å². The second-order valence-electron chi connectivity index (χ2n) is 3.21. The highest BCUT2D eigenvalue weighted by atomic mass is 32.1. The number of nitrogens with one attached hydrogen (secondary N) is 1. The molecule has 7 heteroatoms. The Kier molecular flexibility index (Phi) is 2.86. The van der Waals surface area contributed by atoms with Gasteiger partial charge in [0.1, 0.15) is 0 Å². The molecule has 0 aliphatic rings. The third-order valence-corrected chi connectivity index (χ3v) is 3.13. The van der Waals surface area contributed by atoms with Crippen molar-refractivity contribution in [1.29, 1.82) is 0 Å². The summed E-state index contributed by atoms with van der Waals surface area (Å²) in [7, 11) is 0. The van der Waals surface area contributed by atoms with Crippen LogP contribution in [0.4, 0.5) is 5.82 Å². The van der Waals surface area contributed by atoms with Gasteiger partial charge >= 0.3 is 0 Å². The standard InChI is InChI=1S/C9H10N4O2S/c1-5-2-3-16-6(5)4-11-9(14)7-8(10)13-15-12-7/h2-3H,4H2,1H3,(H2,10,13)(H,11,14). The molecule has 2 aromatic heterocycles. The number of hydrogen-bond acceptors (Lipinski definition) is 6. The van der Waals surface area contributed by atoms with E-state index in [0.717, 1.165) is 10.4 Å². The highest BCUT2D eigenvalue weighted by Gasteiger charge is 2.15. The van der Waals surface area contributed by atoms with Gasteiger partial charge < -0.3 is 11.1 Å². The molecule has 0 fully saturated rings. The maximum absolute atomic E-state index is 11.6. The number of thiophene rings is 1. The van der Waals surface area contributed by atoms with Crippen LogP contribution in [0.2, 0.25) is 0 Å². The van der Waals surface area contributed by atoms with Crippen LogP contribution in [0.25, 0.3) is 0 Å². The van der Waals surface area contributed by atoms with Crippen molar-refractivity contribution >= 4 is 23.1 Å². The van der Waals surface area contributed by atoms with Crippen LogP contribution >= 0.6 is 11.3 Å². The lowest BCUT2D eigenvalue weighted by molar-refractivity contribution is 0.0942. The predicted molar refractivity (Wildman–Crippen MR) is 58.9 cm³/mol. The highest BCUT2D eigenvalue weighted by Crippen LogP contribution is 2.15. The Morgan fingerprint density at radius 1 is 1.62 bits per heavy atom. The summed E-state index contributed by atoms with van der Waals surface area (Å²) < 4.78 is 4.34. The van der Waals surface area contributed by atoms with Gasteiger partial charge in [-0.05, 0) is 34.2 Å². The number of amides is 1. The van der Waals surface area contributed by atoms with E-state index in [9.17, 15) is 4.79 Å². The van der Waals surface area contributed by atoms with Crippen molar-refractivity contribution in [3.05, 3.63) is 27.6 Å². The first-order valence-electron chi connectivity index (χ1n) is 4.57. The summed E-state index contributed by atoms with van der Waals surface area (Å²) in [6, 6.07) is 2.00. The molecule has 1 amide bonds. The smallest absolute Gasteiger partial charge is 0.277 e. The first-order valence-corrected chi connectivity index (χ1v) is 5.45. The molecule has 3 N–H and O–H groups in total. The zero-order valence-corrected chi connectivity index (χ0v) is 9.37. The molecular weight excluding hydrogens is 228 g/mol. The molecule has 2 heterocycles. The van der Waals surface area contributed by atoms with Gasteiger partial charge in [0, 0.05) is 4.88 Å². The molecule has 0 saturated carbocycles. The van der Waals surface area contributed by atoms with Crippen molar-refractivity contribution in [3.63, 3.8) is 0 Å². The molecule has 0 aromatic carbocycles. The second kappa shape index (κ2) is 4.31. The number of carbonyl (C=O) groups is 1. The Morgan fingerprint density at radius 2 is 2.44 bits per heavy atom. The van der Waals surface area contributed by atoms with E-state index in [1.807, 2.05) is 18.4 Å². The zero-order valence-electron chi connectivity index (χ0n) is 8.56. The van der Waals surface area contributed by atoms with Crippen LogP contribution in [-0.2, 0) is 6.54 Å². The van der Waals surface area contributed by atoms with Gasteiger partial charge in [0.05, 0.1) is 6.54 Å². The SMILES string of the molecule is Cc1ccsc1CNC(=O)c1nonc1N. The average molecular weight is 238 g/mol. The van der Waals surface area contributed by atoms with Crippen molar-refractivity contribution in [2.45, 2.75) is 13.5 Å². The highest BCUT2D eigenvalue weighted by molar-refractivity contribution is 7.10. The minimum Gasteiger partial charge on any atom is -0.379 e. The summed E-state index contributed by atoms with van der Waals surface area (Å²) in [4.78, 5) is 12.7. The first kappa shape index (κ1) is 10.6. The van der Waals surface area contributed by atoms with Gasteiger partial charge in [0.2, 0.25) is 11.5 Å². The molecule has 0 aliphatic heterocycles. The molecule has 6 nitrogen and oxygen atoms in total. The topological polar surface area (TPSA) is 94.0 Å². The van der Waals surface area contributed by atoms with Gasteiger partial charge in [-0.3, -0.25) is 4.79 Å². The summed E-state index contributed by atoms with van der Waals surface area (Å²) in [6.07, 6.45) is 0. The molecule has 84 valence electrons. The maximum atomic E-state index is 11.6. The Hall–Kier alpha value is -1.89. The van der Waals surface area contributed by atoms with E-state index in [1.54, 1.807) is 11.3 Å². The van der Waals surface area contributed by atoms with E-state index in [-0.39, 0.29) is 17.4 Å². The van der Waals surface area contributed by atoms with Crippen LogP contribution < -0.4 is 11.1 Å². The third-order valence-electron chi connectivity index (χ3n) is 2.11. The molecule has 16 heavy (non-hydrogen) atoms. The third kappa shape index (κ3) is 2.03. The Bertz CT molecular complexity index is 505. The molecule has 0 atom stereocenters. The van der Waals surface area contributed by atoms with Crippen molar-refractivity contribution in [2.24, 2.45) is 0 Å². The average Bonchev–Trinajstić information content (AvgIpc) is 2.84. The first-order chi connectivity index (χ1) is 7.68. The van der Waals surface area contributed by atoms with Crippen molar-refractivity contribution in [2.75, 3.05) is 5.73 Å². The van der Waals surface area contributed by atoms with Crippen LogP contribution in [0.5, 0.6) is 0 Å². The van der Waals surface area contributed by atoms with E-state index in [0.29, 0.717) is 6.54 Å². The van der Waals surface area contributed by atoms with Gasteiger partial charge in [-0.2, -0.15) is 0 Å². The zero-order chi connectivity index (χ0) is 11.5. The lowest BCUT2D eigenvalue weighted by Gasteiger charge is -2.01. The lowest BCUT2D eigenvalue weighted by atomic mass is 10.3. The van der Waals surface area contributed by atoms with E-state index in [2.05, 4.69) is 20.3 Å². The van der Waals surface area contributed by atoms with Gasteiger partial charge in [-0.15, -0.1) is 11.3 Å². The van der Waals surface area contributed by atoms with Crippen LogP contribution in [0, 0.1) is 6.92 Å². The van der Waals surface area contributed by atoms with Gasteiger partial charge in [-0.1, -0.05) is 0 Å². The number of nitrogen functional groups attached to an aromatic ring is 1. The molecule has 0 aliphatic carbocycles. The number of aromatic nitrogens is 2. The summed E-state index contributed by atoms with van der Waals surface area (Å²) >= 11 is 1.59. The number of nitrogens with zero attached hydrogens (tertiary/aromatic N) is 2. The fourth-order valence-corrected chi connectivity index (χ4v) is 2.03. The molecule has 2 aromatic rings. The normalized spacial score (nSPS) is 10.3. The summed E-state index contributed by atoms with van der Waals surface area (Å²) in [5.74, 6) is -0.382. The van der Waals surface area contributed by atoms with Crippen LogP contribution in [0.1, 0.15) is 20.9 Å². The molecule has 0 saturated heterocycles. The largest absolute Gasteiger partial charge is 0.379 e. The number of nitrogens with two attached hydrogens (primary N) is 1. The minimum atomic E-state index is -0.383. The molecular formula is C9H10N4O2S. The number of carbonyl (C=O) groups excluding carboxylic acids is 1. The minimum absolute atomic E-state index is 0.000372. The van der Waals surface area contributed by atoms with Crippen molar-refractivity contribution in [1.82, 2.24) is 15.6 Å². The van der Waals surface area contributed by atoms with E-state index in [1.165, 1.54) is 0 Å². The van der Waals surface area contributed by atoms with Gasteiger partial charge in [0.15, 0.2) is 0 Å². The molecule has 0 radical (unpaired) electrons. The molecule has 2 rings (SSSR count). The molecule has 0 unspecified atom stereocenters. The number of anilines is 1. The van der Waals surface area contributed by atoms with Crippen LogP contribution in [0.15, 0.2) is 16.1 Å². The summed E-state index contributed by atoms with van der Waals surface area (Å²) in [5, 5.41) is 11.4. The van der Waals surface area contributed by atoms with Crippen LogP contribution in [-0.4, -0.2) is 16.2 Å². The monoisotopic (exact) mass is 238 g/mol. The summed E-state index contributed by atoms with van der Waals surface area (Å²) in [5.41, 5.74) is 6.57. The number of aryl methyl sites for hydroxylation is 1. The Labute approximate surface area is 95.4 Å². The van der Waals surface area contributed by atoms with Gasteiger partial charge in [-0.25, -0.2) is 4.63 Å².